The van der Waals surface area contributed by atoms with Gasteiger partial charge in [0.05, 0.1) is 10.9 Å². The molecule has 0 spiro atoms. The van der Waals surface area contributed by atoms with Crippen LogP contribution in [0.3, 0.4) is 0 Å². The van der Waals surface area contributed by atoms with Crippen LogP contribution in [0.2, 0.25) is 0 Å². The molecule has 132 valence electrons. The zero-order valence-electron chi connectivity index (χ0n) is 14.8. The fourth-order valence-electron chi connectivity index (χ4n) is 3.39. The van der Waals surface area contributed by atoms with E-state index in [-0.39, 0.29) is 29.2 Å². The topological polar surface area (TPSA) is 64.0 Å². The van der Waals surface area contributed by atoms with Crippen molar-refractivity contribution in [2.45, 2.75) is 32.1 Å². The molecule has 2 aromatic carbocycles. The molecular weight excluding hydrogens is 326 g/mol. The SMILES string of the molecule is CC(C)c1nc2ccccc2c(=O)n1NC(=O)[C@H]1C[C@@H]1c1ccccc1. The molecule has 1 saturated carbocycles. The van der Waals surface area contributed by atoms with Crippen molar-refractivity contribution in [1.29, 1.82) is 0 Å². The quantitative estimate of drug-likeness (QED) is 0.787. The van der Waals surface area contributed by atoms with Crippen LogP contribution in [0.4, 0.5) is 0 Å². The summed E-state index contributed by atoms with van der Waals surface area (Å²) in [6.07, 6.45) is 0.808. The van der Waals surface area contributed by atoms with Crippen molar-refractivity contribution in [3.8, 4) is 0 Å². The molecule has 3 aromatic rings. The van der Waals surface area contributed by atoms with Crippen LogP contribution in [0.1, 0.15) is 43.5 Å². The van der Waals surface area contributed by atoms with Gasteiger partial charge >= 0.3 is 0 Å². The summed E-state index contributed by atoms with van der Waals surface area (Å²) in [5.41, 5.74) is 4.41. The summed E-state index contributed by atoms with van der Waals surface area (Å²) in [5.74, 6) is 0.578. The Morgan fingerprint density at radius 3 is 2.54 bits per heavy atom. The lowest BCUT2D eigenvalue weighted by atomic mass is 10.1. The third kappa shape index (κ3) is 2.90. The minimum absolute atomic E-state index is 0.0109. The lowest BCUT2D eigenvalue weighted by Gasteiger charge is -2.16. The van der Waals surface area contributed by atoms with Gasteiger partial charge in [-0.3, -0.25) is 15.0 Å². The lowest BCUT2D eigenvalue weighted by molar-refractivity contribution is -0.118. The first-order valence-corrected chi connectivity index (χ1v) is 8.93. The van der Waals surface area contributed by atoms with E-state index in [9.17, 15) is 9.59 Å². The van der Waals surface area contributed by atoms with E-state index in [0.29, 0.717) is 16.7 Å². The number of benzene rings is 2. The summed E-state index contributed by atoms with van der Waals surface area (Å²) in [6, 6.07) is 17.2. The van der Waals surface area contributed by atoms with Crippen molar-refractivity contribution >= 4 is 16.8 Å². The first-order chi connectivity index (χ1) is 12.6. The fraction of sp³-hybridized carbons (Fsp3) is 0.286. The van der Waals surface area contributed by atoms with Gasteiger partial charge in [-0.05, 0) is 30.0 Å². The van der Waals surface area contributed by atoms with E-state index in [1.807, 2.05) is 56.3 Å². The Bertz CT molecular complexity index is 1020. The number of carbonyl (C=O) groups is 1. The van der Waals surface area contributed by atoms with Crippen LogP contribution in [-0.4, -0.2) is 15.6 Å². The van der Waals surface area contributed by atoms with Crippen molar-refractivity contribution < 1.29 is 4.79 Å². The average molecular weight is 347 g/mol. The molecule has 0 radical (unpaired) electrons. The zero-order chi connectivity index (χ0) is 18.3. The molecule has 1 fully saturated rings. The second kappa shape index (κ2) is 6.41. The molecular formula is C21H21N3O2. The maximum Gasteiger partial charge on any atom is 0.280 e. The number of carbonyl (C=O) groups excluding carboxylic acids is 1. The first-order valence-electron chi connectivity index (χ1n) is 8.93. The minimum Gasteiger partial charge on any atom is -0.273 e. The molecule has 1 aromatic heterocycles. The summed E-state index contributed by atoms with van der Waals surface area (Å²) < 4.78 is 1.33. The minimum atomic E-state index is -0.232. The van der Waals surface area contributed by atoms with E-state index in [1.165, 1.54) is 10.2 Å². The number of hydrogen-bond acceptors (Lipinski definition) is 3. The summed E-state index contributed by atoms with van der Waals surface area (Å²) in [5, 5.41) is 0.507. The van der Waals surface area contributed by atoms with E-state index in [1.54, 1.807) is 12.1 Å². The number of para-hydroxylation sites is 1. The van der Waals surface area contributed by atoms with Gasteiger partial charge in [0.25, 0.3) is 5.56 Å². The van der Waals surface area contributed by atoms with Crippen LogP contribution in [0.5, 0.6) is 0 Å². The molecule has 1 N–H and O–H groups in total. The Hall–Kier alpha value is -2.95. The molecule has 0 aliphatic heterocycles. The number of fused-ring (bicyclic) bond motifs is 1. The van der Waals surface area contributed by atoms with E-state index < -0.39 is 0 Å². The van der Waals surface area contributed by atoms with Crippen molar-refractivity contribution in [2.24, 2.45) is 5.92 Å². The third-order valence-electron chi connectivity index (χ3n) is 4.89. The van der Waals surface area contributed by atoms with Crippen molar-refractivity contribution in [3.05, 3.63) is 76.3 Å². The molecule has 0 bridgehead atoms. The lowest BCUT2D eigenvalue weighted by Crippen LogP contribution is -2.37. The highest BCUT2D eigenvalue weighted by Gasteiger charge is 2.44. The molecule has 0 saturated heterocycles. The summed E-state index contributed by atoms with van der Waals surface area (Å²) >= 11 is 0. The Morgan fingerprint density at radius 1 is 1.12 bits per heavy atom. The van der Waals surface area contributed by atoms with Gasteiger partial charge in [-0.1, -0.05) is 56.3 Å². The van der Waals surface area contributed by atoms with Gasteiger partial charge in [0.1, 0.15) is 5.82 Å². The molecule has 2 atom stereocenters. The van der Waals surface area contributed by atoms with E-state index in [4.69, 9.17) is 0 Å². The number of nitrogens with zero attached hydrogens (tertiary/aromatic N) is 2. The van der Waals surface area contributed by atoms with Crippen LogP contribution in [0.15, 0.2) is 59.4 Å². The Labute approximate surface area is 151 Å². The molecule has 26 heavy (non-hydrogen) atoms. The van der Waals surface area contributed by atoms with Gasteiger partial charge in [0.15, 0.2) is 0 Å². The number of nitrogens with one attached hydrogen (secondary N) is 1. The normalized spacial score (nSPS) is 18.9. The standard InChI is InChI=1S/C21H21N3O2/c1-13(2)19-22-18-11-7-6-10-15(18)21(26)24(19)23-20(25)17-12-16(17)14-8-4-3-5-9-14/h3-11,13,16-17H,12H2,1-2H3,(H,23,25)/t16-,17+/m1/s1. The summed E-state index contributed by atoms with van der Waals surface area (Å²) in [4.78, 5) is 30.2. The largest absolute Gasteiger partial charge is 0.280 e. The first kappa shape index (κ1) is 16.5. The number of amides is 1. The third-order valence-corrected chi connectivity index (χ3v) is 4.89. The van der Waals surface area contributed by atoms with Crippen LogP contribution in [-0.2, 0) is 4.79 Å². The van der Waals surface area contributed by atoms with Crippen molar-refractivity contribution in [3.63, 3.8) is 0 Å². The van der Waals surface area contributed by atoms with Gasteiger partial charge in [0, 0.05) is 11.8 Å². The highest BCUT2D eigenvalue weighted by molar-refractivity contribution is 5.90. The zero-order valence-corrected chi connectivity index (χ0v) is 14.8. The van der Waals surface area contributed by atoms with Crippen LogP contribution >= 0.6 is 0 Å². The molecule has 4 rings (SSSR count). The molecule has 1 aliphatic rings. The number of hydrogen-bond donors (Lipinski definition) is 1. The molecule has 1 amide bonds. The monoisotopic (exact) mass is 347 g/mol. The van der Waals surface area contributed by atoms with Crippen LogP contribution < -0.4 is 11.0 Å². The molecule has 1 heterocycles. The van der Waals surface area contributed by atoms with Gasteiger partial charge in [-0.25, -0.2) is 9.66 Å². The van der Waals surface area contributed by atoms with Gasteiger partial charge in [-0.2, -0.15) is 0 Å². The fourth-order valence-corrected chi connectivity index (χ4v) is 3.39. The molecule has 5 heteroatoms. The summed E-state index contributed by atoms with van der Waals surface area (Å²) in [6.45, 7) is 3.92. The predicted molar refractivity (Wildman–Crippen MR) is 102 cm³/mol. The number of rotatable bonds is 4. The smallest absolute Gasteiger partial charge is 0.273 e. The highest BCUT2D eigenvalue weighted by Crippen LogP contribution is 2.47. The van der Waals surface area contributed by atoms with E-state index in [2.05, 4.69) is 10.4 Å². The molecule has 1 aliphatic carbocycles. The van der Waals surface area contributed by atoms with Crippen LogP contribution in [0, 0.1) is 5.92 Å². The second-order valence-corrected chi connectivity index (χ2v) is 7.12. The van der Waals surface area contributed by atoms with Crippen molar-refractivity contribution in [2.75, 3.05) is 5.43 Å². The highest BCUT2D eigenvalue weighted by atomic mass is 16.2. The van der Waals surface area contributed by atoms with E-state index in [0.717, 1.165) is 6.42 Å². The Morgan fingerprint density at radius 2 is 1.81 bits per heavy atom. The Balaban J connectivity index is 1.65. The second-order valence-electron chi connectivity index (χ2n) is 7.12. The predicted octanol–water partition coefficient (Wildman–Crippen LogP) is 3.39. The van der Waals surface area contributed by atoms with Crippen LogP contribution in [0.25, 0.3) is 10.9 Å². The summed E-state index contributed by atoms with van der Waals surface area (Å²) in [7, 11) is 0. The van der Waals surface area contributed by atoms with Gasteiger partial charge < -0.3 is 0 Å². The Kier molecular flexibility index (Phi) is 4.07. The molecule has 5 nitrogen and oxygen atoms in total. The maximum atomic E-state index is 12.9. The number of aromatic nitrogens is 2. The van der Waals surface area contributed by atoms with Crippen molar-refractivity contribution in [1.82, 2.24) is 9.66 Å². The molecule has 0 unspecified atom stereocenters. The van der Waals surface area contributed by atoms with Gasteiger partial charge in [0.2, 0.25) is 5.91 Å². The maximum absolute atomic E-state index is 12.9. The average Bonchev–Trinajstić information content (AvgIpc) is 3.45. The van der Waals surface area contributed by atoms with Gasteiger partial charge in [-0.15, -0.1) is 0 Å². The van der Waals surface area contributed by atoms with E-state index >= 15 is 0 Å².